The van der Waals surface area contributed by atoms with Crippen molar-refractivity contribution < 1.29 is 42.9 Å². The lowest BCUT2D eigenvalue weighted by Crippen LogP contribution is -2.57. The second-order valence-electron chi connectivity index (χ2n) is 11.3. The molecule has 16 nitrogen and oxygen atoms in total. The van der Waals surface area contributed by atoms with Gasteiger partial charge in [0.2, 0.25) is 6.10 Å². The van der Waals surface area contributed by atoms with Crippen molar-refractivity contribution in [3.63, 3.8) is 0 Å². The molecule has 266 valence electrons. The highest BCUT2D eigenvalue weighted by atomic mass is 35.5. The third kappa shape index (κ3) is 10.0. The minimum atomic E-state index is -1.65. The molecule has 1 aromatic heterocycles. The molecule has 1 saturated heterocycles. The van der Waals surface area contributed by atoms with Crippen molar-refractivity contribution in [2.24, 2.45) is 16.5 Å². The van der Waals surface area contributed by atoms with Crippen LogP contribution in [0, 0.1) is 0 Å². The number of hydrogen-bond acceptors (Lipinski definition) is 13. The largest absolute Gasteiger partial charge is 0.466 e. The van der Waals surface area contributed by atoms with Crippen LogP contribution in [0.25, 0.3) is 22.2 Å². The fourth-order valence-electron chi connectivity index (χ4n) is 5.47. The molecule has 0 saturated carbocycles. The van der Waals surface area contributed by atoms with Gasteiger partial charge in [-0.3, -0.25) is 24.0 Å². The van der Waals surface area contributed by atoms with Gasteiger partial charge in [0.25, 0.3) is 11.9 Å². The number of halogens is 1. The summed E-state index contributed by atoms with van der Waals surface area (Å²) in [6, 6.07) is 12.8. The van der Waals surface area contributed by atoms with Crippen molar-refractivity contribution in [1.29, 1.82) is 0 Å². The lowest BCUT2D eigenvalue weighted by molar-refractivity contribution is -0.190. The first-order chi connectivity index (χ1) is 23.7. The van der Waals surface area contributed by atoms with E-state index in [9.17, 15) is 24.0 Å². The Hall–Kier alpha value is -5.51. The molecule has 2 aromatic carbocycles. The Morgan fingerprint density at radius 3 is 2.16 bits per heavy atom. The Bertz CT molecular complexity index is 1790. The van der Waals surface area contributed by atoms with Crippen LogP contribution >= 0.6 is 11.6 Å². The number of hydrogen-bond donors (Lipinski definition) is 2. The molecule has 17 heteroatoms. The van der Waals surface area contributed by atoms with E-state index < -0.39 is 48.1 Å². The molecule has 0 unspecified atom stereocenters. The number of rotatable bonds is 12. The topological polar surface area (TPSA) is 219 Å². The molecule has 0 bridgehead atoms. The molecule has 1 aliphatic heterocycles. The molecule has 4 N–H and O–H groups in total. The number of nitrogens with two attached hydrogens (primary N) is 2. The summed E-state index contributed by atoms with van der Waals surface area (Å²) in [4.78, 5) is 78.2. The highest BCUT2D eigenvalue weighted by molar-refractivity contribution is 6.31. The Morgan fingerprint density at radius 1 is 0.860 bits per heavy atom. The molecular weight excluding hydrogens is 674 g/mol. The van der Waals surface area contributed by atoms with Gasteiger partial charge in [-0.25, -0.2) is 9.97 Å². The second kappa shape index (κ2) is 16.7. The molecular formula is C33H38ClN7O9. The summed E-state index contributed by atoms with van der Waals surface area (Å²) >= 11 is 6.31. The molecule has 0 aliphatic carbocycles. The van der Waals surface area contributed by atoms with E-state index in [1.54, 1.807) is 18.2 Å². The molecule has 50 heavy (non-hydrogen) atoms. The van der Waals surface area contributed by atoms with Gasteiger partial charge in [-0.15, -0.1) is 0 Å². The average molecular weight is 712 g/mol. The van der Waals surface area contributed by atoms with Gasteiger partial charge in [0.05, 0.1) is 17.8 Å². The summed E-state index contributed by atoms with van der Waals surface area (Å²) < 4.78 is 21.2. The minimum Gasteiger partial charge on any atom is -0.466 e. The van der Waals surface area contributed by atoms with E-state index in [1.807, 2.05) is 24.3 Å². The van der Waals surface area contributed by atoms with Gasteiger partial charge < -0.3 is 40.2 Å². The van der Waals surface area contributed by atoms with Crippen LogP contribution in [0.1, 0.15) is 34.1 Å². The summed E-state index contributed by atoms with van der Waals surface area (Å²) in [7, 11) is 0. The first-order valence-corrected chi connectivity index (χ1v) is 16.0. The standard InChI is InChI=1S/C33H38ClN7O9/c1-18(42)47-15-10-27(48-19(2)43)29(49-20(3)44)30(50-21(4)45)31(46)41-13-11-40(12-14-41)24-7-5-6-22(16-24)28-25-17-23(34)8-9-26(25)37-33(38-28)39-32(35)36/h5-9,16-17,27,29-30H,10-15H2,1-4H3,(H4,35,36,37,38,39)/t27-,29+,30-/m1/s1. The number of carbonyl (C=O) groups excluding carboxylic acids is 5. The number of aliphatic imine (C=N–C) groups is 1. The summed E-state index contributed by atoms with van der Waals surface area (Å²) in [5, 5.41) is 1.19. The van der Waals surface area contributed by atoms with Gasteiger partial charge in [-0.1, -0.05) is 23.7 Å². The first kappa shape index (κ1) is 37.3. The maximum absolute atomic E-state index is 13.9. The number of benzene rings is 2. The molecule has 0 radical (unpaired) electrons. The van der Waals surface area contributed by atoms with E-state index in [1.165, 1.54) is 11.8 Å². The van der Waals surface area contributed by atoms with Crippen LogP contribution in [-0.4, -0.2) is 102 Å². The number of ether oxygens (including phenoxy) is 4. The fourth-order valence-corrected chi connectivity index (χ4v) is 5.64. The van der Waals surface area contributed by atoms with Crippen LogP contribution in [0.4, 0.5) is 11.6 Å². The molecule has 3 atom stereocenters. The molecule has 1 fully saturated rings. The Labute approximate surface area is 292 Å². The second-order valence-corrected chi connectivity index (χ2v) is 11.8. The first-order valence-electron chi connectivity index (χ1n) is 15.6. The predicted molar refractivity (Wildman–Crippen MR) is 182 cm³/mol. The lowest BCUT2D eigenvalue weighted by atomic mass is 10.0. The van der Waals surface area contributed by atoms with E-state index in [0.29, 0.717) is 34.7 Å². The van der Waals surface area contributed by atoms with Gasteiger partial charge in [0, 0.05) is 82.0 Å². The molecule has 2 heterocycles. The third-order valence-corrected chi connectivity index (χ3v) is 7.71. The number of carbonyl (C=O) groups is 5. The summed E-state index contributed by atoms with van der Waals surface area (Å²) in [6.07, 6.45) is -4.57. The molecule has 0 spiro atoms. The van der Waals surface area contributed by atoms with Gasteiger partial charge in [-0.2, -0.15) is 4.99 Å². The molecule has 1 amide bonds. The monoisotopic (exact) mass is 711 g/mol. The normalized spacial score (nSPS) is 14.6. The summed E-state index contributed by atoms with van der Waals surface area (Å²) in [5.41, 5.74) is 13.9. The number of piperazine rings is 1. The fraction of sp³-hybridized carbons (Fsp3) is 0.394. The SMILES string of the molecule is CC(=O)OCC[C@@H](OC(C)=O)[C@H](OC(C)=O)[C@@H](OC(C)=O)C(=O)N1CCN(c2cccc(-c3nc(N=C(N)N)nc4ccc(Cl)cc34)c2)CC1. The maximum Gasteiger partial charge on any atom is 0.303 e. The quantitative estimate of drug-likeness (QED) is 0.119. The van der Waals surface area contributed by atoms with Crippen molar-refractivity contribution >= 4 is 69.9 Å². The van der Waals surface area contributed by atoms with Crippen LogP contribution in [0.15, 0.2) is 47.5 Å². The number of esters is 4. The summed E-state index contributed by atoms with van der Waals surface area (Å²) in [6.45, 7) is 5.51. The zero-order chi connectivity index (χ0) is 36.5. The Balaban J connectivity index is 1.58. The predicted octanol–water partition coefficient (Wildman–Crippen LogP) is 2.25. The van der Waals surface area contributed by atoms with Crippen molar-refractivity contribution in [1.82, 2.24) is 14.9 Å². The Morgan fingerprint density at radius 2 is 1.54 bits per heavy atom. The number of fused-ring (bicyclic) bond motifs is 1. The smallest absolute Gasteiger partial charge is 0.303 e. The van der Waals surface area contributed by atoms with Gasteiger partial charge >= 0.3 is 23.9 Å². The van der Waals surface area contributed by atoms with Crippen LogP contribution in [-0.2, 0) is 42.9 Å². The molecule has 3 aromatic rings. The lowest BCUT2D eigenvalue weighted by Gasteiger charge is -2.39. The van der Waals surface area contributed by atoms with Crippen molar-refractivity contribution in [3.8, 4) is 11.3 Å². The van der Waals surface area contributed by atoms with Crippen LogP contribution in [0.3, 0.4) is 0 Å². The summed E-state index contributed by atoms with van der Waals surface area (Å²) in [5.74, 6) is -3.71. The van der Waals surface area contributed by atoms with Crippen LogP contribution < -0.4 is 16.4 Å². The zero-order valence-electron chi connectivity index (χ0n) is 28.0. The number of anilines is 1. The van der Waals surface area contributed by atoms with E-state index in [2.05, 4.69) is 19.9 Å². The Kier molecular flexibility index (Phi) is 12.5. The number of aromatic nitrogens is 2. The van der Waals surface area contributed by atoms with Gasteiger partial charge in [0.1, 0.15) is 6.10 Å². The van der Waals surface area contributed by atoms with Crippen molar-refractivity contribution in [3.05, 3.63) is 47.5 Å². The molecule has 1 aliphatic rings. The van der Waals surface area contributed by atoms with E-state index in [0.717, 1.165) is 32.0 Å². The van der Waals surface area contributed by atoms with Crippen LogP contribution in [0.5, 0.6) is 0 Å². The van der Waals surface area contributed by atoms with E-state index >= 15 is 0 Å². The number of guanidine groups is 1. The van der Waals surface area contributed by atoms with Crippen molar-refractivity contribution in [2.75, 3.05) is 37.7 Å². The number of amides is 1. The highest BCUT2D eigenvalue weighted by Gasteiger charge is 2.43. The van der Waals surface area contributed by atoms with E-state index in [4.69, 9.17) is 42.0 Å². The maximum atomic E-state index is 13.9. The molecule has 4 rings (SSSR count). The van der Waals surface area contributed by atoms with Gasteiger partial charge in [-0.05, 0) is 30.3 Å². The average Bonchev–Trinajstić information content (AvgIpc) is 3.04. The number of nitrogens with zero attached hydrogens (tertiary/aromatic N) is 5. The third-order valence-electron chi connectivity index (χ3n) is 7.48. The zero-order valence-corrected chi connectivity index (χ0v) is 28.7. The van der Waals surface area contributed by atoms with E-state index in [-0.39, 0.29) is 38.0 Å². The van der Waals surface area contributed by atoms with Crippen LogP contribution in [0.2, 0.25) is 5.02 Å². The van der Waals surface area contributed by atoms with Gasteiger partial charge in [0.15, 0.2) is 12.1 Å². The minimum absolute atomic E-state index is 0.0871. The van der Waals surface area contributed by atoms with Crippen molar-refractivity contribution in [2.45, 2.75) is 52.4 Å². The highest BCUT2D eigenvalue weighted by Crippen LogP contribution is 2.32.